The van der Waals surface area contributed by atoms with Crippen LogP contribution in [0.4, 0.5) is 13.2 Å². The normalized spacial score (nSPS) is 16.3. The maximum atomic E-state index is 12.9. The highest BCUT2D eigenvalue weighted by molar-refractivity contribution is 5.48. The Kier molecular flexibility index (Phi) is 8.35. The second kappa shape index (κ2) is 11.5. The van der Waals surface area contributed by atoms with Gasteiger partial charge in [0.25, 0.3) is 0 Å². The van der Waals surface area contributed by atoms with Crippen LogP contribution in [0.15, 0.2) is 84.9 Å². The predicted octanol–water partition coefficient (Wildman–Crippen LogP) is 5.50. The topological polar surface area (TPSA) is 52.6 Å². The summed E-state index contributed by atoms with van der Waals surface area (Å²) >= 11 is 0. The number of nitrogens with zero attached hydrogens (tertiary/aromatic N) is 1. The minimum absolute atomic E-state index is 0.375. The van der Waals surface area contributed by atoms with Crippen LogP contribution in [-0.4, -0.2) is 42.6 Å². The second-order valence-electron chi connectivity index (χ2n) is 9.86. The molecule has 4 rings (SSSR count). The van der Waals surface area contributed by atoms with Crippen LogP contribution in [0.1, 0.15) is 47.9 Å². The van der Waals surface area contributed by atoms with Gasteiger partial charge in [0.15, 0.2) is 0 Å². The number of carbonyl (C=O) groups excluding carboxylic acids is 1. The number of benzene rings is 3. The zero-order valence-electron chi connectivity index (χ0n) is 20.8. The van der Waals surface area contributed by atoms with E-state index in [0.717, 1.165) is 49.1 Å². The number of amides is 1. The lowest BCUT2D eigenvalue weighted by molar-refractivity contribution is -0.137. The van der Waals surface area contributed by atoms with Crippen LogP contribution in [-0.2, 0) is 22.0 Å². The smallest absolute Gasteiger partial charge is 0.385 e. The second-order valence-corrected chi connectivity index (χ2v) is 9.86. The SMILES string of the molecule is O=CNCC(CCCN1CCC(O)(c2ccc(C(F)(F)F)cc2)CC1)(c1ccccc1)c1ccccc1. The molecular weight excluding hydrogens is 477 g/mol. The van der Waals surface area contributed by atoms with Crippen molar-refractivity contribution < 1.29 is 23.1 Å². The Morgan fingerprint density at radius 1 is 0.838 bits per heavy atom. The molecule has 3 aromatic rings. The van der Waals surface area contributed by atoms with Crippen molar-refractivity contribution in [2.45, 2.75) is 42.9 Å². The van der Waals surface area contributed by atoms with Crippen LogP contribution in [0, 0.1) is 0 Å². The summed E-state index contributed by atoms with van der Waals surface area (Å²) in [7, 11) is 0. The molecule has 3 aromatic carbocycles. The number of piperidine rings is 1. The number of likely N-dealkylation sites (tertiary alicyclic amines) is 1. The highest BCUT2D eigenvalue weighted by Crippen LogP contribution is 2.38. The van der Waals surface area contributed by atoms with Gasteiger partial charge in [-0.1, -0.05) is 72.8 Å². The molecule has 1 amide bonds. The fourth-order valence-electron chi connectivity index (χ4n) is 5.49. The van der Waals surface area contributed by atoms with Crippen LogP contribution < -0.4 is 5.32 Å². The Labute approximate surface area is 216 Å². The first-order valence-electron chi connectivity index (χ1n) is 12.7. The first-order valence-corrected chi connectivity index (χ1v) is 12.7. The van der Waals surface area contributed by atoms with Gasteiger partial charge in [-0.15, -0.1) is 0 Å². The molecule has 1 saturated heterocycles. The van der Waals surface area contributed by atoms with Gasteiger partial charge in [-0.05, 0) is 61.1 Å². The van der Waals surface area contributed by atoms with Gasteiger partial charge < -0.3 is 15.3 Å². The third-order valence-corrected chi connectivity index (χ3v) is 7.65. The first kappa shape index (κ1) is 26.9. The van der Waals surface area contributed by atoms with Crippen LogP contribution >= 0.6 is 0 Å². The van der Waals surface area contributed by atoms with Gasteiger partial charge >= 0.3 is 6.18 Å². The number of nitrogens with one attached hydrogen (secondary N) is 1. The molecule has 1 aliphatic rings. The Bertz CT molecular complexity index is 1090. The van der Waals surface area contributed by atoms with E-state index in [0.29, 0.717) is 38.0 Å². The summed E-state index contributed by atoms with van der Waals surface area (Å²) in [5, 5.41) is 14.1. The summed E-state index contributed by atoms with van der Waals surface area (Å²) in [5.74, 6) is 0. The molecule has 0 spiro atoms. The number of rotatable bonds is 10. The molecule has 2 N–H and O–H groups in total. The monoisotopic (exact) mass is 510 g/mol. The zero-order chi connectivity index (χ0) is 26.4. The van der Waals surface area contributed by atoms with E-state index in [4.69, 9.17) is 0 Å². The van der Waals surface area contributed by atoms with Crippen molar-refractivity contribution in [3.8, 4) is 0 Å². The molecule has 196 valence electrons. The van der Waals surface area contributed by atoms with E-state index >= 15 is 0 Å². The van der Waals surface area contributed by atoms with Crippen LogP contribution in [0.5, 0.6) is 0 Å². The summed E-state index contributed by atoms with van der Waals surface area (Å²) < 4.78 is 38.7. The highest BCUT2D eigenvalue weighted by Gasteiger charge is 2.37. The molecular formula is C30H33F3N2O2. The molecule has 1 aliphatic heterocycles. The largest absolute Gasteiger partial charge is 0.416 e. The van der Waals surface area contributed by atoms with E-state index < -0.39 is 17.3 Å². The molecule has 0 aromatic heterocycles. The Morgan fingerprint density at radius 2 is 1.38 bits per heavy atom. The van der Waals surface area contributed by atoms with Gasteiger partial charge in [-0.25, -0.2) is 0 Å². The molecule has 0 aliphatic carbocycles. The predicted molar refractivity (Wildman–Crippen MR) is 138 cm³/mol. The molecule has 1 fully saturated rings. The third kappa shape index (κ3) is 6.22. The summed E-state index contributed by atoms with van der Waals surface area (Å²) in [4.78, 5) is 13.6. The van der Waals surface area contributed by atoms with E-state index in [9.17, 15) is 23.1 Å². The summed E-state index contributed by atoms with van der Waals surface area (Å²) in [6.07, 6.45) is -1.01. The highest BCUT2D eigenvalue weighted by atomic mass is 19.4. The summed E-state index contributed by atoms with van der Waals surface area (Å²) in [6, 6.07) is 25.3. The molecule has 1 heterocycles. The lowest BCUT2D eigenvalue weighted by Gasteiger charge is -2.40. The summed E-state index contributed by atoms with van der Waals surface area (Å²) in [5.41, 5.74) is 0.623. The maximum absolute atomic E-state index is 12.9. The van der Waals surface area contributed by atoms with E-state index in [1.807, 2.05) is 36.4 Å². The fraction of sp³-hybridized carbons (Fsp3) is 0.367. The number of hydrogen-bond donors (Lipinski definition) is 2. The van der Waals surface area contributed by atoms with Crippen LogP contribution in [0.3, 0.4) is 0 Å². The lowest BCUT2D eigenvalue weighted by Crippen LogP contribution is -2.44. The van der Waals surface area contributed by atoms with Crippen molar-refractivity contribution in [2.75, 3.05) is 26.2 Å². The van der Waals surface area contributed by atoms with Crippen LogP contribution in [0.25, 0.3) is 0 Å². The molecule has 0 unspecified atom stereocenters. The first-order chi connectivity index (χ1) is 17.8. The Hall–Kier alpha value is -3.16. The van der Waals surface area contributed by atoms with E-state index in [2.05, 4.69) is 34.5 Å². The molecule has 4 nitrogen and oxygen atoms in total. The molecule has 37 heavy (non-hydrogen) atoms. The molecule has 7 heteroatoms. The van der Waals surface area contributed by atoms with Gasteiger partial charge in [0.2, 0.25) is 6.41 Å². The number of halogens is 3. The quantitative estimate of drug-likeness (QED) is 0.354. The van der Waals surface area contributed by atoms with Gasteiger partial charge in [-0.3, -0.25) is 4.79 Å². The van der Waals surface area contributed by atoms with Crippen molar-refractivity contribution in [3.05, 3.63) is 107 Å². The third-order valence-electron chi connectivity index (χ3n) is 7.65. The van der Waals surface area contributed by atoms with Crippen LogP contribution in [0.2, 0.25) is 0 Å². The van der Waals surface area contributed by atoms with E-state index in [-0.39, 0.29) is 5.41 Å². The van der Waals surface area contributed by atoms with Gasteiger partial charge in [0.1, 0.15) is 0 Å². The maximum Gasteiger partial charge on any atom is 0.416 e. The Balaban J connectivity index is 1.42. The average molecular weight is 511 g/mol. The molecule has 0 saturated carbocycles. The van der Waals surface area contributed by atoms with Crippen molar-refractivity contribution >= 4 is 6.41 Å². The van der Waals surface area contributed by atoms with E-state index in [1.54, 1.807) is 0 Å². The summed E-state index contributed by atoms with van der Waals surface area (Å²) in [6.45, 7) is 2.63. The lowest BCUT2D eigenvalue weighted by atomic mass is 9.71. The molecule has 0 bridgehead atoms. The minimum atomic E-state index is -4.39. The molecule has 0 atom stereocenters. The van der Waals surface area contributed by atoms with E-state index in [1.165, 1.54) is 12.1 Å². The van der Waals surface area contributed by atoms with Crippen molar-refractivity contribution in [1.82, 2.24) is 10.2 Å². The fourth-order valence-corrected chi connectivity index (χ4v) is 5.49. The van der Waals surface area contributed by atoms with Crippen molar-refractivity contribution in [3.63, 3.8) is 0 Å². The zero-order valence-corrected chi connectivity index (χ0v) is 20.8. The molecule has 0 radical (unpaired) electrons. The Morgan fingerprint density at radius 3 is 1.86 bits per heavy atom. The minimum Gasteiger partial charge on any atom is -0.385 e. The standard InChI is InChI=1S/C30H33F3N2O2/c31-30(32,33)27-14-12-26(13-15-27)29(37)17-20-35(21-18-29)19-7-16-28(22-34-23-36,24-8-3-1-4-9-24)25-10-5-2-6-11-25/h1-6,8-15,23,37H,7,16-22H2,(H,34,36). The number of alkyl halides is 3. The van der Waals surface area contributed by atoms with Gasteiger partial charge in [0, 0.05) is 25.0 Å². The van der Waals surface area contributed by atoms with Crippen molar-refractivity contribution in [2.24, 2.45) is 0 Å². The van der Waals surface area contributed by atoms with Crippen molar-refractivity contribution in [1.29, 1.82) is 0 Å². The number of hydrogen-bond acceptors (Lipinski definition) is 3. The average Bonchev–Trinajstić information content (AvgIpc) is 2.92. The number of carbonyl (C=O) groups is 1. The number of aliphatic hydroxyl groups is 1. The van der Waals surface area contributed by atoms with Gasteiger partial charge in [0.05, 0.1) is 11.2 Å². The van der Waals surface area contributed by atoms with Gasteiger partial charge in [-0.2, -0.15) is 13.2 Å².